The van der Waals surface area contributed by atoms with Crippen LogP contribution in [0.15, 0.2) is 30.3 Å². The molecule has 3 heteroatoms. The second-order valence-electron chi connectivity index (χ2n) is 4.84. The third-order valence-corrected chi connectivity index (χ3v) is 3.33. The second-order valence-corrected chi connectivity index (χ2v) is 4.84. The van der Waals surface area contributed by atoms with Gasteiger partial charge in [0.25, 0.3) is 0 Å². The van der Waals surface area contributed by atoms with E-state index in [9.17, 15) is 10.2 Å². The number of piperidine rings is 1. The summed E-state index contributed by atoms with van der Waals surface area (Å²) in [5.41, 5.74) is 0.323. The van der Waals surface area contributed by atoms with Crippen LogP contribution < -0.4 is 0 Å². The zero-order chi connectivity index (χ0) is 11.6. The lowest BCUT2D eigenvalue weighted by Crippen LogP contribution is -2.53. The lowest BCUT2D eigenvalue weighted by atomic mass is 9.90. The van der Waals surface area contributed by atoms with Crippen molar-refractivity contribution < 1.29 is 10.2 Å². The Bertz CT molecular complexity index is 337. The van der Waals surface area contributed by atoms with Gasteiger partial charge in [-0.25, -0.2) is 0 Å². The van der Waals surface area contributed by atoms with Gasteiger partial charge in [-0.05, 0) is 18.9 Å². The van der Waals surface area contributed by atoms with Crippen LogP contribution in [0.4, 0.5) is 0 Å². The smallest absolute Gasteiger partial charge is 0.0951 e. The van der Waals surface area contributed by atoms with Crippen LogP contribution in [0.25, 0.3) is 0 Å². The van der Waals surface area contributed by atoms with Gasteiger partial charge in [-0.15, -0.1) is 0 Å². The number of aliphatic hydroxyl groups is 2. The van der Waals surface area contributed by atoms with Crippen molar-refractivity contribution in [2.75, 3.05) is 13.1 Å². The second kappa shape index (κ2) is 4.53. The fourth-order valence-corrected chi connectivity index (χ4v) is 2.07. The first-order valence-electron chi connectivity index (χ1n) is 5.75. The summed E-state index contributed by atoms with van der Waals surface area (Å²) < 4.78 is 0. The van der Waals surface area contributed by atoms with E-state index in [0.717, 1.165) is 13.1 Å². The highest BCUT2D eigenvalue weighted by molar-refractivity contribution is 5.14. The van der Waals surface area contributed by atoms with E-state index < -0.39 is 11.7 Å². The Morgan fingerprint density at radius 2 is 2.06 bits per heavy atom. The van der Waals surface area contributed by atoms with Gasteiger partial charge in [-0.2, -0.15) is 0 Å². The molecule has 2 rings (SSSR count). The van der Waals surface area contributed by atoms with Crippen LogP contribution in [0.5, 0.6) is 0 Å². The Kier molecular flexibility index (Phi) is 3.28. The molecule has 88 valence electrons. The van der Waals surface area contributed by atoms with Crippen LogP contribution in [0, 0.1) is 0 Å². The zero-order valence-electron chi connectivity index (χ0n) is 9.63. The number of β-amino-alcohol motifs (C(OH)–C–C–N with tert-alkyl or cyclic N) is 1. The molecule has 2 N–H and O–H groups in total. The average molecular weight is 221 g/mol. The molecule has 16 heavy (non-hydrogen) atoms. The van der Waals surface area contributed by atoms with Crippen molar-refractivity contribution in [3.63, 3.8) is 0 Å². The van der Waals surface area contributed by atoms with Gasteiger partial charge in [-0.3, -0.25) is 4.90 Å². The predicted molar refractivity (Wildman–Crippen MR) is 63.0 cm³/mol. The molecular formula is C13H19NO2. The first-order chi connectivity index (χ1) is 7.58. The molecule has 2 atom stereocenters. The fraction of sp³-hybridized carbons (Fsp3) is 0.538. The molecule has 3 nitrogen and oxygen atoms in total. The minimum atomic E-state index is -0.923. The van der Waals surface area contributed by atoms with E-state index in [1.807, 2.05) is 18.2 Å². The summed E-state index contributed by atoms with van der Waals surface area (Å²) in [7, 11) is 0. The summed E-state index contributed by atoms with van der Waals surface area (Å²) in [5, 5.41) is 19.6. The van der Waals surface area contributed by atoms with Gasteiger partial charge < -0.3 is 10.2 Å². The molecule has 1 fully saturated rings. The maximum absolute atomic E-state index is 9.85. The van der Waals surface area contributed by atoms with Crippen LogP contribution in [0.2, 0.25) is 0 Å². The molecule has 0 aliphatic carbocycles. The van der Waals surface area contributed by atoms with E-state index in [1.165, 1.54) is 5.56 Å². The van der Waals surface area contributed by atoms with Crippen molar-refractivity contribution in [3.8, 4) is 0 Å². The number of hydrogen-bond donors (Lipinski definition) is 2. The van der Waals surface area contributed by atoms with E-state index in [0.29, 0.717) is 13.0 Å². The molecule has 1 saturated heterocycles. The normalized spacial score (nSPS) is 31.6. The number of likely N-dealkylation sites (tertiary alicyclic amines) is 1. The van der Waals surface area contributed by atoms with E-state index >= 15 is 0 Å². The molecule has 0 radical (unpaired) electrons. The molecule has 0 amide bonds. The summed E-state index contributed by atoms with van der Waals surface area (Å²) in [6, 6.07) is 10.2. The molecule has 1 heterocycles. The molecular weight excluding hydrogens is 202 g/mol. The number of aliphatic hydroxyl groups excluding tert-OH is 1. The average Bonchev–Trinajstić information content (AvgIpc) is 2.26. The highest BCUT2D eigenvalue weighted by Crippen LogP contribution is 2.22. The lowest BCUT2D eigenvalue weighted by Gasteiger charge is -2.39. The van der Waals surface area contributed by atoms with Crippen molar-refractivity contribution in [2.24, 2.45) is 0 Å². The summed E-state index contributed by atoms with van der Waals surface area (Å²) >= 11 is 0. The summed E-state index contributed by atoms with van der Waals surface area (Å²) in [6.07, 6.45) is -0.0222. The van der Waals surface area contributed by atoms with E-state index in [2.05, 4.69) is 17.0 Å². The molecule has 0 spiro atoms. The highest BCUT2D eigenvalue weighted by Gasteiger charge is 2.35. The number of rotatable bonds is 2. The van der Waals surface area contributed by atoms with Crippen molar-refractivity contribution in [2.45, 2.75) is 31.6 Å². The minimum Gasteiger partial charge on any atom is -0.389 e. The van der Waals surface area contributed by atoms with Gasteiger partial charge in [0.2, 0.25) is 0 Å². The molecule has 1 aromatic carbocycles. The van der Waals surface area contributed by atoms with Gasteiger partial charge in [0, 0.05) is 19.6 Å². The topological polar surface area (TPSA) is 43.7 Å². The van der Waals surface area contributed by atoms with Crippen molar-refractivity contribution >= 4 is 0 Å². The van der Waals surface area contributed by atoms with Gasteiger partial charge in [0.1, 0.15) is 0 Å². The molecule has 0 bridgehead atoms. The Morgan fingerprint density at radius 3 is 2.69 bits per heavy atom. The number of hydrogen-bond acceptors (Lipinski definition) is 3. The van der Waals surface area contributed by atoms with E-state index in [-0.39, 0.29) is 0 Å². The molecule has 1 aliphatic heterocycles. The highest BCUT2D eigenvalue weighted by atomic mass is 16.3. The van der Waals surface area contributed by atoms with E-state index in [4.69, 9.17) is 0 Å². The van der Waals surface area contributed by atoms with Crippen LogP contribution >= 0.6 is 0 Å². The molecule has 1 aromatic rings. The van der Waals surface area contributed by atoms with E-state index in [1.54, 1.807) is 6.92 Å². The van der Waals surface area contributed by atoms with Crippen molar-refractivity contribution in [1.29, 1.82) is 0 Å². The van der Waals surface area contributed by atoms with Gasteiger partial charge in [0.05, 0.1) is 11.7 Å². The van der Waals surface area contributed by atoms with Gasteiger partial charge >= 0.3 is 0 Å². The Labute approximate surface area is 96.3 Å². The predicted octanol–water partition coefficient (Wildman–Crippen LogP) is 1.00. The summed E-state index contributed by atoms with van der Waals surface area (Å²) in [5.74, 6) is 0. The van der Waals surface area contributed by atoms with Crippen molar-refractivity contribution in [3.05, 3.63) is 35.9 Å². The lowest BCUT2D eigenvalue weighted by molar-refractivity contribution is -0.108. The fourth-order valence-electron chi connectivity index (χ4n) is 2.07. The first kappa shape index (κ1) is 11.6. The summed E-state index contributed by atoms with van der Waals surface area (Å²) in [4.78, 5) is 2.18. The Morgan fingerprint density at radius 1 is 1.38 bits per heavy atom. The molecule has 1 aliphatic rings. The van der Waals surface area contributed by atoms with Gasteiger partial charge in [0.15, 0.2) is 0 Å². The minimum absolute atomic E-state index is 0.544. The monoisotopic (exact) mass is 221 g/mol. The molecule has 0 aromatic heterocycles. The Balaban J connectivity index is 1.94. The summed E-state index contributed by atoms with van der Waals surface area (Å²) in [6.45, 7) is 3.92. The largest absolute Gasteiger partial charge is 0.389 e. The third kappa shape index (κ3) is 2.61. The van der Waals surface area contributed by atoms with Gasteiger partial charge in [-0.1, -0.05) is 30.3 Å². The maximum Gasteiger partial charge on any atom is 0.0951 e. The number of nitrogens with zero attached hydrogens (tertiary/aromatic N) is 1. The molecule has 2 unspecified atom stereocenters. The standard InChI is InChI=1S/C13H19NO2/c1-13(16)7-8-14(10-12(13)15)9-11-5-3-2-4-6-11/h2-6,12,15-16H,7-10H2,1H3. The van der Waals surface area contributed by atoms with Crippen LogP contribution in [-0.2, 0) is 6.54 Å². The zero-order valence-corrected chi connectivity index (χ0v) is 9.63. The molecule has 0 saturated carbocycles. The van der Waals surface area contributed by atoms with Crippen LogP contribution in [0.3, 0.4) is 0 Å². The number of benzene rings is 1. The first-order valence-corrected chi connectivity index (χ1v) is 5.75. The maximum atomic E-state index is 9.85. The third-order valence-electron chi connectivity index (χ3n) is 3.33. The van der Waals surface area contributed by atoms with Crippen molar-refractivity contribution in [1.82, 2.24) is 4.90 Å². The Hall–Kier alpha value is -0.900. The quantitative estimate of drug-likeness (QED) is 0.783. The van der Waals surface area contributed by atoms with Crippen LogP contribution in [0.1, 0.15) is 18.9 Å². The van der Waals surface area contributed by atoms with Crippen LogP contribution in [-0.4, -0.2) is 39.9 Å². The SMILES string of the molecule is CC1(O)CCN(Cc2ccccc2)CC1O.